The van der Waals surface area contributed by atoms with E-state index in [1.54, 1.807) is 4.68 Å². The smallest absolute Gasteiger partial charge is 0.295 e. The second-order valence-corrected chi connectivity index (χ2v) is 4.36. The molecule has 98 valence electrons. The van der Waals surface area contributed by atoms with Crippen LogP contribution in [0.1, 0.15) is 25.6 Å². The van der Waals surface area contributed by atoms with E-state index in [0.29, 0.717) is 19.0 Å². The number of nitrogens with zero attached hydrogens (tertiary/aromatic N) is 2. The average Bonchev–Trinajstić information content (AvgIpc) is 2.71. The minimum atomic E-state index is -0.323. The van der Waals surface area contributed by atoms with E-state index in [4.69, 9.17) is 9.47 Å². The molecule has 6 heteroatoms. The summed E-state index contributed by atoms with van der Waals surface area (Å²) in [4.78, 5) is 11.9. The summed E-state index contributed by atoms with van der Waals surface area (Å²) < 4.78 is 12.0. The maximum atomic E-state index is 11.9. The fourth-order valence-corrected chi connectivity index (χ4v) is 1.67. The van der Waals surface area contributed by atoms with Crippen LogP contribution in [0.4, 0.5) is 5.82 Å². The van der Waals surface area contributed by atoms with Gasteiger partial charge in [0.05, 0.1) is 5.69 Å². The molecule has 0 radical (unpaired) electrons. The summed E-state index contributed by atoms with van der Waals surface area (Å²) >= 11 is 0. The van der Waals surface area contributed by atoms with Crippen molar-refractivity contribution in [2.45, 2.75) is 26.8 Å². The minimum Gasteiger partial charge on any atom is -0.494 e. The average molecular weight is 251 g/mol. The lowest BCUT2D eigenvalue weighted by Crippen LogP contribution is -2.23. The first-order valence-electron chi connectivity index (χ1n) is 5.90. The van der Waals surface area contributed by atoms with Gasteiger partial charge in [0.15, 0.2) is 0 Å². The molecule has 0 aromatic carbocycles. The molecule has 1 N–H and O–H groups in total. The van der Waals surface area contributed by atoms with Crippen molar-refractivity contribution < 1.29 is 14.3 Å². The van der Waals surface area contributed by atoms with Crippen LogP contribution in [0.25, 0.3) is 0 Å². The number of aromatic nitrogens is 2. The number of hydrogen-bond donors (Lipinski definition) is 1. The van der Waals surface area contributed by atoms with Gasteiger partial charge in [-0.3, -0.25) is 4.79 Å². The van der Waals surface area contributed by atoms with Crippen LogP contribution in [0, 0.1) is 6.92 Å². The van der Waals surface area contributed by atoms with Crippen LogP contribution < -0.4 is 5.32 Å². The molecule has 6 nitrogen and oxygen atoms in total. The highest BCUT2D eigenvalue weighted by Gasteiger charge is 2.18. The van der Waals surface area contributed by atoms with Crippen molar-refractivity contribution in [1.82, 2.24) is 9.78 Å². The topological polar surface area (TPSA) is 65.4 Å². The molecule has 2 rings (SSSR count). The Labute approximate surface area is 106 Å². The van der Waals surface area contributed by atoms with Gasteiger partial charge >= 0.3 is 0 Å². The molecule has 1 aliphatic heterocycles. The highest BCUT2D eigenvalue weighted by molar-refractivity contribution is 6.01. The van der Waals surface area contributed by atoms with Crippen molar-refractivity contribution in [1.29, 1.82) is 0 Å². The van der Waals surface area contributed by atoms with Crippen molar-refractivity contribution in [2.24, 2.45) is 0 Å². The van der Waals surface area contributed by atoms with Crippen LogP contribution >= 0.6 is 0 Å². The third kappa shape index (κ3) is 2.64. The number of carbonyl (C=O) groups is 1. The third-order valence-corrected chi connectivity index (χ3v) is 2.46. The standard InChI is InChI=1S/C12H17N3O3/c1-8(2)15-11(6-9(3)14-15)13-12(16)10-7-17-4-5-18-10/h6-8H,4-5H2,1-3H3,(H,13,16). The largest absolute Gasteiger partial charge is 0.494 e. The van der Waals surface area contributed by atoms with Crippen LogP contribution in [-0.2, 0) is 14.3 Å². The van der Waals surface area contributed by atoms with E-state index >= 15 is 0 Å². The van der Waals surface area contributed by atoms with Gasteiger partial charge in [-0.05, 0) is 20.8 Å². The molecule has 2 heterocycles. The highest BCUT2D eigenvalue weighted by Crippen LogP contribution is 2.17. The Morgan fingerprint density at radius 2 is 2.28 bits per heavy atom. The first-order chi connectivity index (χ1) is 8.58. The molecule has 0 fully saturated rings. The van der Waals surface area contributed by atoms with E-state index in [2.05, 4.69) is 10.4 Å². The lowest BCUT2D eigenvalue weighted by molar-refractivity contribution is -0.117. The summed E-state index contributed by atoms with van der Waals surface area (Å²) in [5.41, 5.74) is 0.855. The van der Waals surface area contributed by atoms with E-state index in [1.807, 2.05) is 26.8 Å². The van der Waals surface area contributed by atoms with E-state index in [9.17, 15) is 4.79 Å². The zero-order chi connectivity index (χ0) is 13.1. The Morgan fingerprint density at radius 1 is 1.50 bits per heavy atom. The van der Waals surface area contributed by atoms with Crippen LogP contribution in [0.15, 0.2) is 18.1 Å². The lowest BCUT2D eigenvalue weighted by atomic mass is 10.4. The zero-order valence-electron chi connectivity index (χ0n) is 10.8. The van der Waals surface area contributed by atoms with Crippen molar-refractivity contribution in [3.05, 3.63) is 23.8 Å². The first kappa shape index (κ1) is 12.5. The summed E-state index contributed by atoms with van der Waals surface area (Å²) in [5.74, 6) is 0.523. The Balaban J connectivity index is 2.13. The molecule has 0 unspecified atom stereocenters. The first-order valence-corrected chi connectivity index (χ1v) is 5.90. The molecule has 18 heavy (non-hydrogen) atoms. The van der Waals surface area contributed by atoms with Crippen molar-refractivity contribution in [3.63, 3.8) is 0 Å². The zero-order valence-corrected chi connectivity index (χ0v) is 10.8. The van der Waals surface area contributed by atoms with Gasteiger partial charge in [-0.1, -0.05) is 0 Å². The van der Waals surface area contributed by atoms with E-state index in [1.165, 1.54) is 6.26 Å². The van der Waals surface area contributed by atoms with Crippen molar-refractivity contribution >= 4 is 11.7 Å². The summed E-state index contributed by atoms with van der Waals surface area (Å²) in [6.07, 6.45) is 1.34. The fraction of sp³-hybridized carbons (Fsp3) is 0.500. The van der Waals surface area contributed by atoms with Crippen molar-refractivity contribution in [3.8, 4) is 0 Å². The van der Waals surface area contributed by atoms with Gasteiger partial charge in [-0.2, -0.15) is 5.10 Å². The molecule has 1 aromatic rings. The number of nitrogens with one attached hydrogen (secondary N) is 1. The molecule has 0 atom stereocenters. The Hall–Kier alpha value is -1.98. The molecular weight excluding hydrogens is 234 g/mol. The summed E-state index contributed by atoms with van der Waals surface area (Å²) in [6.45, 7) is 6.75. The normalized spacial score (nSPS) is 14.8. The van der Waals surface area contributed by atoms with Gasteiger partial charge in [0, 0.05) is 12.1 Å². The van der Waals surface area contributed by atoms with Gasteiger partial charge in [-0.15, -0.1) is 0 Å². The molecule has 1 amide bonds. The lowest BCUT2D eigenvalue weighted by Gasteiger charge is -2.16. The van der Waals surface area contributed by atoms with Gasteiger partial charge < -0.3 is 14.8 Å². The summed E-state index contributed by atoms with van der Waals surface area (Å²) in [6, 6.07) is 1.99. The van der Waals surface area contributed by atoms with Crippen molar-refractivity contribution in [2.75, 3.05) is 18.5 Å². The number of hydrogen-bond acceptors (Lipinski definition) is 4. The highest BCUT2D eigenvalue weighted by atomic mass is 16.6. The SMILES string of the molecule is Cc1cc(NC(=O)C2=COCCO2)n(C(C)C)n1. The number of rotatable bonds is 3. The number of ether oxygens (including phenoxy) is 2. The van der Waals surface area contributed by atoms with Gasteiger partial charge in [-0.25, -0.2) is 4.68 Å². The Morgan fingerprint density at radius 3 is 2.89 bits per heavy atom. The summed E-state index contributed by atoms with van der Waals surface area (Å²) in [5, 5.41) is 7.09. The van der Waals surface area contributed by atoms with E-state index < -0.39 is 0 Å². The molecular formula is C12H17N3O3. The second-order valence-electron chi connectivity index (χ2n) is 4.36. The second kappa shape index (κ2) is 5.12. The third-order valence-electron chi connectivity index (χ3n) is 2.46. The molecule has 0 saturated carbocycles. The van der Waals surface area contributed by atoms with Gasteiger partial charge in [0.2, 0.25) is 5.76 Å². The van der Waals surface area contributed by atoms with E-state index in [0.717, 1.165) is 5.69 Å². The minimum absolute atomic E-state index is 0.173. The Kier molecular flexibility index (Phi) is 3.55. The number of carbonyl (C=O) groups excluding carboxylic acids is 1. The monoisotopic (exact) mass is 251 g/mol. The van der Waals surface area contributed by atoms with Crippen LogP contribution in [-0.4, -0.2) is 28.9 Å². The van der Waals surface area contributed by atoms with Crippen LogP contribution in [0.2, 0.25) is 0 Å². The van der Waals surface area contributed by atoms with Gasteiger partial charge in [0.1, 0.15) is 25.3 Å². The predicted molar refractivity (Wildman–Crippen MR) is 66.0 cm³/mol. The molecule has 0 aliphatic carbocycles. The Bertz CT molecular complexity index is 477. The number of amides is 1. The molecule has 1 aromatic heterocycles. The molecule has 0 spiro atoms. The molecule has 0 saturated heterocycles. The maximum absolute atomic E-state index is 11.9. The van der Waals surface area contributed by atoms with Gasteiger partial charge in [0.25, 0.3) is 5.91 Å². The van der Waals surface area contributed by atoms with Crippen LogP contribution in [0.5, 0.6) is 0 Å². The molecule has 1 aliphatic rings. The molecule has 0 bridgehead atoms. The summed E-state index contributed by atoms with van der Waals surface area (Å²) in [7, 11) is 0. The fourth-order valence-electron chi connectivity index (χ4n) is 1.67. The quantitative estimate of drug-likeness (QED) is 0.886. The predicted octanol–water partition coefficient (Wildman–Crippen LogP) is 1.60. The maximum Gasteiger partial charge on any atom is 0.295 e. The number of aryl methyl sites for hydroxylation is 1. The van der Waals surface area contributed by atoms with E-state index in [-0.39, 0.29) is 17.7 Å². The van der Waals surface area contributed by atoms with Crippen LogP contribution in [0.3, 0.4) is 0 Å². The number of anilines is 1.